The molecule has 0 aliphatic carbocycles. The zero-order valence-electron chi connectivity index (χ0n) is 71.2. The van der Waals surface area contributed by atoms with Gasteiger partial charge in [0.15, 0.2) is 11.5 Å². The van der Waals surface area contributed by atoms with Crippen LogP contribution in [0.5, 0.6) is 0 Å². The van der Waals surface area contributed by atoms with Crippen LogP contribution in [0.25, 0.3) is 87.7 Å². The SMILES string of the molecule is CC(C)(C)c1c(F)ccc2cc[nH]c12.CC(C)(C)c1cccc2[nH]cnc12.CC(C)(C)c1cccc2cc[nH]c12.CC(C)(C)c1nccc2occc12.Cc1[nH]c2c(C(C)(C)C)cccc2c1C.Cc1[nH]nc2c(C(C)(C)C)cccc12.Cc1nc2ccc(C(C)(C)C)cc2o1.Cn1cc(C(C)(C)C)c2cccnc21. The molecule has 0 aliphatic heterocycles. The summed E-state index contributed by atoms with van der Waals surface area (Å²) in [5, 5.41) is 14.7. The van der Waals surface area contributed by atoms with Crippen LogP contribution in [0.1, 0.15) is 234 Å². The van der Waals surface area contributed by atoms with E-state index in [4.69, 9.17) is 8.83 Å². The molecule has 0 atom stereocenters. The van der Waals surface area contributed by atoms with Gasteiger partial charge in [-0.2, -0.15) is 5.10 Å². The van der Waals surface area contributed by atoms with Crippen molar-refractivity contribution in [3.05, 3.63) is 256 Å². The number of aryl methyl sites for hydroxylation is 5. The van der Waals surface area contributed by atoms with E-state index in [9.17, 15) is 4.39 Å². The van der Waals surface area contributed by atoms with Crippen molar-refractivity contribution in [2.45, 2.75) is 237 Å². The maximum Gasteiger partial charge on any atom is 0.192 e. The lowest BCUT2D eigenvalue weighted by Crippen LogP contribution is -2.14. The molecule has 0 saturated heterocycles. The van der Waals surface area contributed by atoms with E-state index in [-0.39, 0.29) is 49.1 Å². The smallest absolute Gasteiger partial charge is 0.192 e. The summed E-state index contributed by atoms with van der Waals surface area (Å²) in [6, 6.07) is 47.3. The van der Waals surface area contributed by atoms with Crippen LogP contribution < -0.4 is 0 Å². The van der Waals surface area contributed by atoms with Gasteiger partial charge >= 0.3 is 0 Å². The molecule has 0 radical (unpaired) electrons. The highest BCUT2D eigenvalue weighted by Crippen LogP contribution is 2.37. The summed E-state index contributed by atoms with van der Waals surface area (Å²) in [4.78, 5) is 30.4. The standard InChI is InChI=1S/C14H19N.C12H14FN.2C12H16N2.C12H15NO.C12H15N.C11H14N2.C11H13NO/c1-9-10(2)15-13-11(9)7-6-8-12(13)14(3,4)5;1-12(2,3)10-9(13)5-4-8-6-7-14-11(8)10;1-12(2,3)10-8-14(4)11-9(10)6-5-7-13-11;1-8-9-6-5-7-10(12(2,3)4)11(9)14-13-8;1-8-13-10-6-5-9(12(2,3)4)7-11(10)14-8;1-12(2,3)10-6-4-5-9-7-8-13-11(9)10;1-11(2,3)8-5-4-6-9-10(8)13-7-12-9;1-11(2,3)10-8-5-7-13-9(8)4-6-12-10/h6-8,15H,1-5H3;4-7,14H,1-3H3;5-8H,1-4H3;5-7H,1-4H3,(H,13,14);5-7H,1-4H3;4-8,13H,1-3H3;4-7H,1-3H3,(H,12,13);4-7H,1-3H3. The Kier molecular flexibility index (Phi) is 24.9. The molecule has 6 aromatic carbocycles. The number of aromatic amines is 5. The van der Waals surface area contributed by atoms with Gasteiger partial charge in [-0.25, -0.2) is 19.3 Å². The molecule has 14 heteroatoms. The Morgan fingerprint density at radius 3 is 1.60 bits per heavy atom. The Bertz CT molecular complexity index is 5530. The first kappa shape index (κ1) is 83.7. The fraction of sp³-hybridized carbons (Fsp3) is 0.385. The number of furan rings is 1. The van der Waals surface area contributed by atoms with Gasteiger partial charge in [-0.1, -0.05) is 239 Å². The Labute approximate surface area is 652 Å². The van der Waals surface area contributed by atoms with Gasteiger partial charge in [0, 0.05) is 99.9 Å². The van der Waals surface area contributed by atoms with Crippen molar-refractivity contribution in [2.24, 2.45) is 7.05 Å². The molecular weight excluding hydrogens is 1360 g/mol. The van der Waals surface area contributed by atoms with Crippen LogP contribution in [0.2, 0.25) is 0 Å². The zero-order valence-corrected chi connectivity index (χ0v) is 71.2. The van der Waals surface area contributed by atoms with E-state index in [1.165, 1.54) is 83.3 Å². The van der Waals surface area contributed by atoms with E-state index in [1.807, 2.05) is 83.7 Å². The number of rotatable bonds is 0. The number of nitrogens with zero attached hydrogens (tertiary/aromatic N) is 6. The molecular formula is C96H122FN11O2. The zero-order chi connectivity index (χ0) is 81.0. The number of benzene rings is 6. The highest BCUT2D eigenvalue weighted by Gasteiger charge is 2.26. The number of aromatic nitrogens is 11. The minimum absolute atomic E-state index is 0.0728. The van der Waals surface area contributed by atoms with Gasteiger partial charge in [-0.3, -0.25) is 10.1 Å². The Hall–Kier alpha value is -10.3. The Morgan fingerprint density at radius 1 is 0.427 bits per heavy atom. The van der Waals surface area contributed by atoms with Crippen molar-refractivity contribution < 1.29 is 13.2 Å². The summed E-state index contributed by atoms with van der Waals surface area (Å²) in [5.74, 6) is 0.596. The summed E-state index contributed by atoms with van der Waals surface area (Å²) < 4.78 is 26.6. The van der Waals surface area contributed by atoms with Crippen LogP contribution in [0.3, 0.4) is 0 Å². The third-order valence-corrected chi connectivity index (χ3v) is 19.8. The highest BCUT2D eigenvalue weighted by atomic mass is 19.1. The topological polar surface area (TPSA) is 175 Å². The van der Waals surface area contributed by atoms with Gasteiger partial charge in [0.25, 0.3) is 0 Å². The van der Waals surface area contributed by atoms with Crippen molar-refractivity contribution in [1.29, 1.82) is 0 Å². The number of pyridine rings is 2. The first-order valence-electron chi connectivity index (χ1n) is 38.5. The van der Waals surface area contributed by atoms with Crippen LogP contribution in [0.4, 0.5) is 4.39 Å². The Morgan fingerprint density at radius 2 is 0.991 bits per heavy atom. The number of H-pyrrole nitrogens is 5. The van der Waals surface area contributed by atoms with Crippen LogP contribution in [0, 0.1) is 33.5 Å². The fourth-order valence-corrected chi connectivity index (χ4v) is 13.8. The predicted molar refractivity (Wildman–Crippen MR) is 464 cm³/mol. The largest absolute Gasteiger partial charge is 0.464 e. The average Bonchev–Trinajstić information content (AvgIpc) is 1.61. The summed E-state index contributed by atoms with van der Waals surface area (Å²) in [6.45, 7) is 60.8. The third kappa shape index (κ3) is 20.0. The van der Waals surface area contributed by atoms with E-state index in [2.05, 4.69) is 324 Å². The Balaban J connectivity index is 0.000000145. The van der Waals surface area contributed by atoms with Crippen molar-refractivity contribution in [2.75, 3.05) is 0 Å². The molecule has 0 amide bonds. The maximum absolute atomic E-state index is 13.7. The molecule has 16 aromatic rings. The second-order valence-corrected chi connectivity index (χ2v) is 37.3. The van der Waals surface area contributed by atoms with Gasteiger partial charge in [-0.05, 0) is 175 Å². The van der Waals surface area contributed by atoms with Crippen molar-refractivity contribution in [3.8, 4) is 0 Å². The second-order valence-electron chi connectivity index (χ2n) is 37.3. The molecule has 0 fully saturated rings. The van der Waals surface area contributed by atoms with Crippen molar-refractivity contribution in [3.63, 3.8) is 0 Å². The molecule has 5 N–H and O–H groups in total. The molecule has 0 aliphatic rings. The van der Waals surface area contributed by atoms with Gasteiger partial charge in [0.1, 0.15) is 22.6 Å². The number of imidazole rings is 1. The first-order valence-corrected chi connectivity index (χ1v) is 38.5. The first-order chi connectivity index (χ1) is 51.1. The monoisotopic (exact) mass is 1480 g/mol. The number of oxazole rings is 1. The lowest BCUT2D eigenvalue weighted by atomic mass is 9.85. The van der Waals surface area contributed by atoms with Gasteiger partial charge in [0.05, 0.1) is 40.4 Å². The molecule has 0 spiro atoms. The molecule has 16 rings (SSSR count). The predicted octanol–water partition coefficient (Wildman–Crippen LogP) is 26.6. The number of nitrogens with one attached hydrogen (secondary N) is 5. The molecule has 13 nitrogen and oxygen atoms in total. The lowest BCUT2D eigenvalue weighted by Gasteiger charge is -2.20. The number of halogens is 1. The normalized spacial score (nSPS) is 12.3. The van der Waals surface area contributed by atoms with Crippen LogP contribution in [-0.4, -0.2) is 54.6 Å². The molecule has 110 heavy (non-hydrogen) atoms. The van der Waals surface area contributed by atoms with E-state index < -0.39 is 0 Å². The maximum atomic E-state index is 13.7. The van der Waals surface area contributed by atoms with Gasteiger partial charge < -0.3 is 33.3 Å². The summed E-state index contributed by atoms with van der Waals surface area (Å²) in [7, 11) is 2.05. The average molecular weight is 1480 g/mol. The molecule has 580 valence electrons. The van der Waals surface area contributed by atoms with Gasteiger partial charge in [-0.15, -0.1) is 0 Å². The summed E-state index contributed by atoms with van der Waals surface area (Å²) in [5.41, 5.74) is 25.3. The molecule has 10 heterocycles. The minimum atomic E-state index is -0.172. The number of fused-ring (bicyclic) bond motifs is 8. The summed E-state index contributed by atoms with van der Waals surface area (Å²) >= 11 is 0. The number of hydrogen-bond donors (Lipinski definition) is 5. The third-order valence-electron chi connectivity index (χ3n) is 19.8. The quantitative estimate of drug-likeness (QED) is 0.100. The molecule has 0 unspecified atom stereocenters. The van der Waals surface area contributed by atoms with Gasteiger partial charge in [0.2, 0.25) is 0 Å². The van der Waals surface area contributed by atoms with Crippen LogP contribution >= 0.6 is 0 Å². The van der Waals surface area contributed by atoms with Crippen molar-refractivity contribution in [1.82, 2.24) is 54.6 Å². The van der Waals surface area contributed by atoms with E-state index in [1.54, 1.807) is 24.9 Å². The highest BCUT2D eigenvalue weighted by molar-refractivity contribution is 5.89. The fourth-order valence-electron chi connectivity index (χ4n) is 13.8. The summed E-state index contributed by atoms with van der Waals surface area (Å²) in [6.07, 6.45) is 13.1. The number of hydrogen-bond acceptors (Lipinski definition) is 7. The van der Waals surface area contributed by atoms with E-state index in [0.717, 1.165) is 78.0 Å². The minimum Gasteiger partial charge on any atom is -0.464 e. The van der Waals surface area contributed by atoms with E-state index in [0.29, 0.717) is 0 Å². The van der Waals surface area contributed by atoms with Crippen LogP contribution in [-0.2, 0) is 50.4 Å². The molecule has 0 bridgehead atoms. The van der Waals surface area contributed by atoms with Crippen molar-refractivity contribution >= 4 is 87.7 Å². The molecule has 10 aromatic heterocycles. The second kappa shape index (κ2) is 32.7. The lowest BCUT2D eigenvalue weighted by molar-refractivity contribution is 0.527. The molecule has 0 saturated carbocycles. The van der Waals surface area contributed by atoms with E-state index >= 15 is 0 Å². The number of para-hydroxylation sites is 4. The van der Waals surface area contributed by atoms with Crippen LogP contribution in [0.15, 0.2) is 192 Å².